The molecule has 136 valence electrons. The summed E-state index contributed by atoms with van der Waals surface area (Å²) in [5, 5.41) is 12.0. The molecule has 4 amide bonds. The fraction of sp³-hybridized carbons (Fsp3) is 0.375. The van der Waals surface area contributed by atoms with Crippen LogP contribution in [0.2, 0.25) is 0 Å². The zero-order valence-corrected chi connectivity index (χ0v) is 14.2. The number of nitrogens with one attached hydrogen (secondary N) is 3. The number of imide groups is 1. The van der Waals surface area contributed by atoms with Gasteiger partial charge < -0.3 is 10.6 Å². The van der Waals surface area contributed by atoms with Gasteiger partial charge in [0.05, 0.1) is 13.0 Å². The molecule has 0 aliphatic carbocycles. The zero-order valence-electron chi connectivity index (χ0n) is 14.2. The minimum absolute atomic E-state index is 0.115. The molecule has 1 atom stereocenters. The summed E-state index contributed by atoms with van der Waals surface area (Å²) in [6, 6.07) is 2.28. The highest BCUT2D eigenvalue weighted by atomic mass is 16.2. The minimum atomic E-state index is -0.823. The van der Waals surface area contributed by atoms with Gasteiger partial charge in [-0.05, 0) is 18.6 Å². The number of pyridine rings is 1. The van der Waals surface area contributed by atoms with E-state index in [0.29, 0.717) is 24.6 Å². The fourth-order valence-electron chi connectivity index (χ4n) is 2.59. The Morgan fingerprint density at radius 1 is 1.31 bits per heavy atom. The van der Waals surface area contributed by atoms with Crippen LogP contribution in [0, 0.1) is 0 Å². The van der Waals surface area contributed by atoms with Crippen molar-refractivity contribution in [3.8, 4) is 11.4 Å². The van der Waals surface area contributed by atoms with Gasteiger partial charge in [-0.3, -0.25) is 24.6 Å². The van der Waals surface area contributed by atoms with E-state index < -0.39 is 12.1 Å². The zero-order chi connectivity index (χ0) is 18.5. The average molecular weight is 357 g/mol. The lowest BCUT2D eigenvalue weighted by atomic mass is 10.2. The van der Waals surface area contributed by atoms with Crippen molar-refractivity contribution < 1.29 is 14.4 Å². The molecule has 3 heterocycles. The number of amides is 4. The number of aromatic amines is 1. The Bertz CT molecular complexity index is 805. The van der Waals surface area contributed by atoms with E-state index in [1.807, 2.05) is 6.92 Å². The van der Waals surface area contributed by atoms with Gasteiger partial charge in [-0.1, -0.05) is 6.92 Å². The quantitative estimate of drug-likeness (QED) is 0.607. The van der Waals surface area contributed by atoms with E-state index in [-0.39, 0.29) is 24.8 Å². The van der Waals surface area contributed by atoms with Gasteiger partial charge in [0.2, 0.25) is 5.91 Å². The standard InChI is InChI=1S/C16H19N7O3/c1-2-7-23-15(25)11(19-16(23)26)8-13(24)18-9-12-20-14(22-21-12)10-3-5-17-6-4-10/h3-6,11H,2,7-9H2,1H3,(H,18,24)(H,19,26)(H,20,21,22)/t11-/m1/s1. The normalized spacial score (nSPS) is 16.7. The Balaban J connectivity index is 1.51. The SMILES string of the molecule is CCCN1C(=O)N[C@H](CC(=O)NCc2nc(-c3ccncc3)n[nH]2)C1=O. The second-order valence-corrected chi connectivity index (χ2v) is 5.81. The largest absolute Gasteiger partial charge is 0.349 e. The van der Waals surface area contributed by atoms with Gasteiger partial charge in [-0.15, -0.1) is 0 Å². The third-order valence-corrected chi connectivity index (χ3v) is 3.87. The number of urea groups is 1. The molecule has 0 bridgehead atoms. The van der Waals surface area contributed by atoms with E-state index in [2.05, 4.69) is 30.8 Å². The maximum absolute atomic E-state index is 12.1. The smallest absolute Gasteiger partial charge is 0.324 e. The first kappa shape index (κ1) is 17.5. The molecule has 3 N–H and O–H groups in total. The molecule has 2 aromatic heterocycles. The van der Waals surface area contributed by atoms with Crippen molar-refractivity contribution in [2.45, 2.75) is 32.4 Å². The van der Waals surface area contributed by atoms with Crippen LogP contribution in [-0.4, -0.2) is 55.5 Å². The van der Waals surface area contributed by atoms with E-state index >= 15 is 0 Å². The number of rotatable bonds is 7. The summed E-state index contributed by atoms with van der Waals surface area (Å²) >= 11 is 0. The molecule has 1 aliphatic rings. The number of aromatic nitrogens is 4. The van der Waals surface area contributed by atoms with Gasteiger partial charge in [0.25, 0.3) is 5.91 Å². The van der Waals surface area contributed by atoms with Crippen LogP contribution in [0.15, 0.2) is 24.5 Å². The molecule has 0 unspecified atom stereocenters. The highest BCUT2D eigenvalue weighted by molar-refractivity contribution is 6.05. The Hall–Kier alpha value is -3.30. The summed E-state index contributed by atoms with van der Waals surface area (Å²) in [4.78, 5) is 45.2. The van der Waals surface area contributed by atoms with Crippen LogP contribution in [0.3, 0.4) is 0 Å². The van der Waals surface area contributed by atoms with Crippen LogP contribution < -0.4 is 10.6 Å². The molecule has 2 aromatic rings. The highest BCUT2D eigenvalue weighted by Gasteiger charge is 2.38. The molecule has 0 spiro atoms. The minimum Gasteiger partial charge on any atom is -0.349 e. The summed E-state index contributed by atoms with van der Waals surface area (Å²) in [5.41, 5.74) is 0.809. The van der Waals surface area contributed by atoms with E-state index in [9.17, 15) is 14.4 Å². The summed E-state index contributed by atoms with van der Waals surface area (Å²) in [6.07, 6.45) is 3.84. The number of hydrogen-bond acceptors (Lipinski definition) is 6. The van der Waals surface area contributed by atoms with Gasteiger partial charge in [-0.25, -0.2) is 9.78 Å². The lowest BCUT2D eigenvalue weighted by Gasteiger charge is -2.11. The topological polar surface area (TPSA) is 133 Å². The van der Waals surface area contributed by atoms with Gasteiger partial charge in [0.15, 0.2) is 5.82 Å². The maximum atomic E-state index is 12.1. The molecule has 1 fully saturated rings. The average Bonchev–Trinajstić information content (AvgIpc) is 3.22. The predicted molar refractivity (Wildman–Crippen MR) is 90.4 cm³/mol. The summed E-state index contributed by atoms with van der Waals surface area (Å²) in [6.45, 7) is 2.36. The molecule has 1 saturated heterocycles. The van der Waals surface area contributed by atoms with Crippen LogP contribution in [0.1, 0.15) is 25.6 Å². The number of nitrogens with zero attached hydrogens (tertiary/aromatic N) is 4. The Morgan fingerprint density at radius 3 is 2.81 bits per heavy atom. The first-order valence-electron chi connectivity index (χ1n) is 8.28. The van der Waals surface area contributed by atoms with Crippen molar-refractivity contribution in [2.75, 3.05) is 6.54 Å². The highest BCUT2D eigenvalue weighted by Crippen LogP contribution is 2.13. The number of carbonyl (C=O) groups is 3. The van der Waals surface area contributed by atoms with Crippen molar-refractivity contribution >= 4 is 17.8 Å². The van der Waals surface area contributed by atoms with Crippen LogP contribution in [-0.2, 0) is 16.1 Å². The van der Waals surface area contributed by atoms with Gasteiger partial charge in [-0.2, -0.15) is 5.10 Å². The second-order valence-electron chi connectivity index (χ2n) is 5.81. The van der Waals surface area contributed by atoms with Crippen molar-refractivity contribution in [2.24, 2.45) is 0 Å². The molecule has 3 rings (SSSR count). The molecule has 0 aromatic carbocycles. The number of hydrogen-bond donors (Lipinski definition) is 3. The first-order chi connectivity index (χ1) is 12.6. The number of H-pyrrole nitrogens is 1. The lowest BCUT2D eigenvalue weighted by Crippen LogP contribution is -2.36. The third kappa shape index (κ3) is 3.85. The lowest BCUT2D eigenvalue weighted by molar-refractivity contribution is -0.130. The van der Waals surface area contributed by atoms with Crippen LogP contribution in [0.4, 0.5) is 4.79 Å². The van der Waals surface area contributed by atoms with E-state index in [4.69, 9.17) is 0 Å². The first-order valence-corrected chi connectivity index (χ1v) is 8.28. The Morgan fingerprint density at radius 2 is 2.08 bits per heavy atom. The summed E-state index contributed by atoms with van der Waals surface area (Å²) in [5.74, 6) is 0.264. The van der Waals surface area contributed by atoms with E-state index in [1.165, 1.54) is 0 Å². The van der Waals surface area contributed by atoms with E-state index in [1.54, 1.807) is 24.5 Å². The molecule has 26 heavy (non-hydrogen) atoms. The van der Waals surface area contributed by atoms with Gasteiger partial charge in [0.1, 0.15) is 11.9 Å². The van der Waals surface area contributed by atoms with Crippen molar-refractivity contribution in [1.82, 2.24) is 35.7 Å². The molecular weight excluding hydrogens is 338 g/mol. The predicted octanol–water partition coefficient (Wildman–Crippen LogP) is 0.203. The van der Waals surface area contributed by atoms with Crippen molar-refractivity contribution in [1.29, 1.82) is 0 Å². The number of carbonyl (C=O) groups excluding carboxylic acids is 3. The monoisotopic (exact) mass is 357 g/mol. The van der Waals surface area contributed by atoms with Gasteiger partial charge in [0, 0.05) is 24.5 Å². The maximum Gasteiger partial charge on any atom is 0.324 e. The molecule has 10 heteroatoms. The second kappa shape index (κ2) is 7.72. The van der Waals surface area contributed by atoms with Crippen LogP contribution in [0.25, 0.3) is 11.4 Å². The third-order valence-electron chi connectivity index (χ3n) is 3.87. The molecular formula is C16H19N7O3. The molecule has 0 radical (unpaired) electrons. The molecule has 1 aliphatic heterocycles. The molecule has 10 nitrogen and oxygen atoms in total. The fourth-order valence-corrected chi connectivity index (χ4v) is 2.59. The van der Waals surface area contributed by atoms with Crippen LogP contribution >= 0.6 is 0 Å². The van der Waals surface area contributed by atoms with Crippen LogP contribution in [0.5, 0.6) is 0 Å². The molecule has 0 saturated carbocycles. The Kier molecular flexibility index (Phi) is 5.20. The van der Waals surface area contributed by atoms with E-state index in [0.717, 1.165) is 10.5 Å². The summed E-state index contributed by atoms with van der Waals surface area (Å²) < 4.78 is 0. The Labute approximate surface area is 149 Å². The van der Waals surface area contributed by atoms with Crippen molar-refractivity contribution in [3.05, 3.63) is 30.4 Å². The van der Waals surface area contributed by atoms with Crippen molar-refractivity contribution in [3.63, 3.8) is 0 Å². The van der Waals surface area contributed by atoms with Gasteiger partial charge >= 0.3 is 6.03 Å². The summed E-state index contributed by atoms with van der Waals surface area (Å²) in [7, 11) is 0.